The molecule has 0 radical (unpaired) electrons. The highest BCUT2D eigenvalue weighted by Gasteiger charge is 2.28. The van der Waals surface area contributed by atoms with E-state index in [1.54, 1.807) is 6.92 Å². The first kappa shape index (κ1) is 26.8. The Labute approximate surface area is 177 Å². The van der Waals surface area contributed by atoms with E-state index in [-0.39, 0.29) is 19.4 Å². The Morgan fingerprint density at radius 3 is 1.97 bits per heavy atom. The summed E-state index contributed by atoms with van der Waals surface area (Å²) in [5.74, 6) is -3.89. The number of hydrogen-bond acceptors (Lipinski definition) is 6. The molecule has 0 saturated heterocycles. The third-order valence-corrected chi connectivity index (χ3v) is 4.65. The average Bonchev–Trinajstić information content (AvgIpc) is 2.63. The zero-order valence-electron chi connectivity index (χ0n) is 16.6. The second kappa shape index (κ2) is 13.9. The lowest BCUT2D eigenvalue weighted by Crippen LogP contribution is -2.58. The fourth-order valence-corrected chi connectivity index (χ4v) is 2.81. The molecule has 166 valence electrons. The quantitative estimate of drug-likeness (QED) is 0.167. The number of primary amides is 1. The van der Waals surface area contributed by atoms with E-state index in [1.807, 2.05) is 6.92 Å². The second-order valence-electron chi connectivity index (χ2n) is 6.53. The molecule has 29 heavy (non-hydrogen) atoms. The smallest absolute Gasteiger partial charge is 0.326 e. The van der Waals surface area contributed by atoms with Crippen LogP contribution in [-0.4, -0.2) is 64.2 Å². The molecule has 0 unspecified atom stereocenters. The molecule has 0 aliphatic carbocycles. The van der Waals surface area contributed by atoms with Gasteiger partial charge in [0.25, 0.3) is 0 Å². The molecule has 0 fully saturated rings. The van der Waals surface area contributed by atoms with Crippen LogP contribution in [0.4, 0.5) is 0 Å². The van der Waals surface area contributed by atoms with E-state index in [9.17, 15) is 29.1 Å². The highest BCUT2D eigenvalue weighted by Crippen LogP contribution is 2.05. The summed E-state index contributed by atoms with van der Waals surface area (Å²) >= 11 is 3.01. The van der Waals surface area contributed by atoms with E-state index in [2.05, 4.69) is 31.9 Å². The van der Waals surface area contributed by atoms with Gasteiger partial charge in [0.2, 0.25) is 23.6 Å². The van der Waals surface area contributed by atoms with Gasteiger partial charge in [-0.25, -0.2) is 4.79 Å². The number of carboxylic acid groups (broad SMARTS) is 1. The van der Waals surface area contributed by atoms with Crippen LogP contribution in [0.1, 0.15) is 46.0 Å². The van der Waals surface area contributed by atoms with Gasteiger partial charge in [0.15, 0.2) is 0 Å². The van der Waals surface area contributed by atoms with E-state index in [4.69, 9.17) is 11.5 Å². The van der Waals surface area contributed by atoms with Gasteiger partial charge in [-0.2, -0.15) is 0 Å². The molecular weight excluding hydrogens is 450 g/mol. The fraction of sp³-hybridized carbons (Fsp3) is 0.706. The summed E-state index contributed by atoms with van der Waals surface area (Å²) in [7, 11) is 0. The molecule has 0 aromatic carbocycles. The lowest BCUT2D eigenvalue weighted by molar-refractivity contribution is -0.142. The van der Waals surface area contributed by atoms with Crippen LogP contribution in [0.2, 0.25) is 0 Å². The van der Waals surface area contributed by atoms with Gasteiger partial charge in [0, 0.05) is 13.0 Å². The summed E-state index contributed by atoms with van der Waals surface area (Å²) in [6, 6.07) is -3.23. The van der Waals surface area contributed by atoms with E-state index >= 15 is 0 Å². The maximum atomic E-state index is 12.5. The summed E-state index contributed by atoms with van der Waals surface area (Å²) in [6.07, 6.45) is 1.50. The first-order chi connectivity index (χ1) is 13.5. The van der Waals surface area contributed by atoms with E-state index < -0.39 is 52.6 Å². The predicted octanol–water partition coefficient (Wildman–Crippen LogP) is -1.28. The van der Waals surface area contributed by atoms with Gasteiger partial charge in [-0.15, -0.1) is 0 Å². The zero-order valence-corrected chi connectivity index (χ0v) is 18.2. The number of aliphatic carboxylic acids is 1. The molecule has 4 amide bonds. The molecule has 0 bridgehead atoms. The molecule has 12 heteroatoms. The van der Waals surface area contributed by atoms with Crippen LogP contribution in [0.25, 0.3) is 0 Å². The highest BCUT2D eigenvalue weighted by molar-refractivity contribution is 9.10. The highest BCUT2D eigenvalue weighted by atomic mass is 79.9. The molecule has 0 aliphatic rings. The standard InChI is InChI=1S/C17H30BrN5O6/c1-3-5-10(19)15(26)23-12(8-21-14(25)9(18)7-13(20)24)16(27)22-11(6-4-2)17(28)29/h9-12H,3-8,19H2,1-2H3,(H2,20,24)(H,21,25)(H,22,27)(H,23,26)(H,28,29)/t9-,10-,11-,12-/m0/s1. The first-order valence-corrected chi connectivity index (χ1v) is 10.2. The van der Waals surface area contributed by atoms with Gasteiger partial charge in [-0.1, -0.05) is 42.6 Å². The Bertz CT molecular complexity index is 603. The molecule has 0 rings (SSSR count). The zero-order chi connectivity index (χ0) is 22.6. The number of amides is 4. The number of carbonyl (C=O) groups excluding carboxylic acids is 4. The van der Waals surface area contributed by atoms with Gasteiger partial charge in [0.1, 0.15) is 16.9 Å². The molecule has 0 aromatic heterocycles. The minimum atomic E-state index is -1.25. The molecule has 0 aromatic rings. The molecule has 11 nitrogen and oxygen atoms in total. The number of halogens is 1. The van der Waals surface area contributed by atoms with Crippen molar-refractivity contribution in [1.29, 1.82) is 0 Å². The van der Waals surface area contributed by atoms with Gasteiger partial charge in [-0.05, 0) is 12.8 Å². The minimum Gasteiger partial charge on any atom is -0.480 e. The SMILES string of the molecule is CCC[C@H](NC(=O)[C@H](CNC(=O)[C@@H](Br)CC(N)=O)NC(=O)[C@@H](N)CCC)C(=O)O. The van der Waals surface area contributed by atoms with Crippen LogP contribution >= 0.6 is 15.9 Å². The summed E-state index contributed by atoms with van der Waals surface area (Å²) in [4.78, 5) is 58.1. The number of nitrogens with two attached hydrogens (primary N) is 2. The normalized spacial score (nSPS) is 14.8. The number of carbonyl (C=O) groups is 5. The van der Waals surface area contributed by atoms with Gasteiger partial charge in [0.05, 0.1) is 6.04 Å². The maximum Gasteiger partial charge on any atom is 0.326 e. The third-order valence-electron chi connectivity index (χ3n) is 3.91. The Hall–Kier alpha value is -2.21. The summed E-state index contributed by atoms with van der Waals surface area (Å²) < 4.78 is 0. The minimum absolute atomic E-state index is 0.200. The molecule has 0 saturated carbocycles. The Kier molecular flexibility index (Phi) is 12.8. The lowest BCUT2D eigenvalue weighted by Gasteiger charge is -2.23. The fourth-order valence-electron chi connectivity index (χ4n) is 2.33. The number of rotatable bonds is 14. The molecule has 8 N–H and O–H groups in total. The van der Waals surface area contributed by atoms with Crippen LogP contribution < -0.4 is 27.4 Å². The van der Waals surface area contributed by atoms with Crippen LogP contribution in [0.15, 0.2) is 0 Å². The second-order valence-corrected chi connectivity index (χ2v) is 7.63. The number of hydrogen-bond donors (Lipinski definition) is 6. The molecular formula is C17H30BrN5O6. The maximum absolute atomic E-state index is 12.5. The number of nitrogens with one attached hydrogen (secondary N) is 3. The Morgan fingerprint density at radius 1 is 0.931 bits per heavy atom. The first-order valence-electron chi connectivity index (χ1n) is 9.32. The van der Waals surface area contributed by atoms with Crippen LogP contribution in [0, 0.1) is 0 Å². The van der Waals surface area contributed by atoms with Crippen LogP contribution in [0.3, 0.4) is 0 Å². The van der Waals surface area contributed by atoms with Crippen molar-refractivity contribution in [3.8, 4) is 0 Å². The summed E-state index contributed by atoms with van der Waals surface area (Å²) in [5.41, 5.74) is 10.8. The van der Waals surface area contributed by atoms with E-state index in [0.717, 1.165) is 0 Å². The molecule has 4 atom stereocenters. The Morgan fingerprint density at radius 2 is 1.48 bits per heavy atom. The van der Waals surface area contributed by atoms with Crippen LogP contribution in [0.5, 0.6) is 0 Å². The average molecular weight is 480 g/mol. The van der Waals surface area contributed by atoms with Gasteiger partial charge < -0.3 is 32.5 Å². The lowest BCUT2D eigenvalue weighted by atomic mass is 10.1. The summed E-state index contributed by atoms with van der Waals surface area (Å²) in [6.45, 7) is 3.28. The molecule has 0 aliphatic heterocycles. The van der Waals surface area contributed by atoms with Crippen molar-refractivity contribution in [3.63, 3.8) is 0 Å². The van der Waals surface area contributed by atoms with Crippen molar-refractivity contribution in [1.82, 2.24) is 16.0 Å². The van der Waals surface area contributed by atoms with E-state index in [0.29, 0.717) is 19.3 Å². The monoisotopic (exact) mass is 479 g/mol. The summed E-state index contributed by atoms with van der Waals surface area (Å²) in [5, 5.41) is 16.4. The predicted molar refractivity (Wildman–Crippen MR) is 109 cm³/mol. The van der Waals surface area contributed by atoms with Crippen molar-refractivity contribution in [2.75, 3.05) is 6.54 Å². The molecule has 0 heterocycles. The van der Waals surface area contributed by atoms with Crippen molar-refractivity contribution in [2.45, 2.75) is 68.9 Å². The van der Waals surface area contributed by atoms with E-state index in [1.165, 1.54) is 0 Å². The van der Waals surface area contributed by atoms with Crippen molar-refractivity contribution < 1.29 is 29.1 Å². The van der Waals surface area contributed by atoms with Gasteiger partial charge >= 0.3 is 5.97 Å². The molecule has 0 spiro atoms. The van der Waals surface area contributed by atoms with Gasteiger partial charge in [-0.3, -0.25) is 19.2 Å². The third kappa shape index (κ3) is 10.8. The number of carboxylic acids is 1. The van der Waals surface area contributed by atoms with Crippen molar-refractivity contribution in [2.24, 2.45) is 11.5 Å². The number of alkyl halides is 1. The topological polar surface area (TPSA) is 194 Å². The van der Waals surface area contributed by atoms with Crippen molar-refractivity contribution >= 4 is 45.5 Å². The Balaban J connectivity index is 5.20. The van der Waals surface area contributed by atoms with Crippen molar-refractivity contribution in [3.05, 3.63) is 0 Å². The largest absolute Gasteiger partial charge is 0.480 e. The van der Waals surface area contributed by atoms with Crippen LogP contribution in [-0.2, 0) is 24.0 Å².